The van der Waals surface area contributed by atoms with Crippen molar-refractivity contribution >= 4 is 17.3 Å². The molecule has 0 aliphatic rings. The monoisotopic (exact) mass is 268 g/mol. The van der Waals surface area contributed by atoms with Gasteiger partial charge in [-0.05, 0) is 54.8 Å². The lowest BCUT2D eigenvalue weighted by molar-refractivity contribution is -0.114. The molecule has 20 heavy (non-hydrogen) atoms. The summed E-state index contributed by atoms with van der Waals surface area (Å²) in [5, 5.41) is 6.16. The van der Waals surface area contributed by atoms with Gasteiger partial charge in [-0.1, -0.05) is 18.2 Å². The van der Waals surface area contributed by atoms with Crippen molar-refractivity contribution < 1.29 is 4.79 Å². The molecule has 0 heterocycles. The molecule has 0 spiro atoms. The van der Waals surface area contributed by atoms with Crippen molar-refractivity contribution in [1.29, 1.82) is 0 Å². The molecule has 2 rings (SSSR count). The highest BCUT2D eigenvalue weighted by Gasteiger charge is 1.98. The Bertz CT molecular complexity index is 603. The van der Waals surface area contributed by atoms with Crippen LogP contribution in [0.3, 0.4) is 0 Å². The van der Waals surface area contributed by atoms with Crippen molar-refractivity contribution in [3.63, 3.8) is 0 Å². The van der Waals surface area contributed by atoms with E-state index in [2.05, 4.69) is 42.7 Å². The third-order valence-corrected chi connectivity index (χ3v) is 3.28. The molecule has 0 bridgehead atoms. The fraction of sp³-hybridized carbons (Fsp3) is 0.235. The lowest BCUT2D eigenvalue weighted by atomic mass is 10.1. The lowest BCUT2D eigenvalue weighted by Crippen LogP contribution is -2.06. The number of amides is 1. The second-order valence-electron chi connectivity index (χ2n) is 5.03. The standard InChI is InChI=1S/C17H20N2O/c1-12-4-7-17(10-13(12)2)18-11-15-5-8-16(9-6-15)19-14(3)20/h4-10,18H,11H2,1-3H3,(H,19,20). The summed E-state index contributed by atoms with van der Waals surface area (Å²) in [6.07, 6.45) is 0. The van der Waals surface area contributed by atoms with Crippen LogP contribution in [0.5, 0.6) is 0 Å². The predicted octanol–water partition coefficient (Wildman–Crippen LogP) is 3.87. The van der Waals surface area contributed by atoms with Gasteiger partial charge < -0.3 is 10.6 Å². The molecule has 3 heteroatoms. The molecule has 2 aromatic rings. The first kappa shape index (κ1) is 14.1. The largest absolute Gasteiger partial charge is 0.381 e. The van der Waals surface area contributed by atoms with Gasteiger partial charge in [0.15, 0.2) is 0 Å². The molecule has 0 saturated carbocycles. The molecule has 0 saturated heterocycles. The number of anilines is 2. The van der Waals surface area contributed by atoms with Gasteiger partial charge in [0.1, 0.15) is 0 Å². The molecule has 2 aromatic carbocycles. The van der Waals surface area contributed by atoms with Crippen molar-refractivity contribution in [2.24, 2.45) is 0 Å². The number of benzene rings is 2. The summed E-state index contributed by atoms with van der Waals surface area (Å²) in [7, 11) is 0. The van der Waals surface area contributed by atoms with Crippen molar-refractivity contribution in [1.82, 2.24) is 0 Å². The van der Waals surface area contributed by atoms with Gasteiger partial charge in [0, 0.05) is 24.8 Å². The quantitative estimate of drug-likeness (QED) is 0.883. The van der Waals surface area contributed by atoms with Crippen molar-refractivity contribution in [2.75, 3.05) is 10.6 Å². The average Bonchev–Trinajstić information content (AvgIpc) is 2.41. The molecule has 0 unspecified atom stereocenters. The van der Waals surface area contributed by atoms with E-state index in [1.807, 2.05) is 24.3 Å². The number of hydrogen-bond acceptors (Lipinski definition) is 2. The molecule has 0 aromatic heterocycles. The Hall–Kier alpha value is -2.29. The molecule has 0 atom stereocenters. The smallest absolute Gasteiger partial charge is 0.221 e. The van der Waals surface area contributed by atoms with Gasteiger partial charge in [-0.2, -0.15) is 0 Å². The molecule has 0 aliphatic carbocycles. The maximum Gasteiger partial charge on any atom is 0.221 e. The Morgan fingerprint density at radius 2 is 1.60 bits per heavy atom. The zero-order chi connectivity index (χ0) is 14.5. The van der Waals surface area contributed by atoms with E-state index < -0.39 is 0 Å². The van der Waals surface area contributed by atoms with Gasteiger partial charge >= 0.3 is 0 Å². The normalized spacial score (nSPS) is 10.2. The Balaban J connectivity index is 1.96. The van der Waals surface area contributed by atoms with Crippen LogP contribution in [0.2, 0.25) is 0 Å². The first-order chi connectivity index (χ1) is 9.54. The minimum Gasteiger partial charge on any atom is -0.381 e. The van der Waals surface area contributed by atoms with Crippen LogP contribution in [-0.2, 0) is 11.3 Å². The molecular weight excluding hydrogens is 248 g/mol. The number of aryl methyl sites for hydroxylation is 2. The zero-order valence-electron chi connectivity index (χ0n) is 12.2. The third-order valence-electron chi connectivity index (χ3n) is 3.28. The van der Waals surface area contributed by atoms with Crippen LogP contribution < -0.4 is 10.6 Å². The summed E-state index contributed by atoms with van der Waals surface area (Å²) in [6, 6.07) is 14.2. The fourth-order valence-electron chi connectivity index (χ4n) is 1.96. The van der Waals surface area contributed by atoms with Crippen molar-refractivity contribution in [3.05, 3.63) is 59.2 Å². The Kier molecular flexibility index (Phi) is 4.41. The second kappa shape index (κ2) is 6.24. The summed E-state index contributed by atoms with van der Waals surface area (Å²) in [5.74, 6) is -0.0500. The summed E-state index contributed by atoms with van der Waals surface area (Å²) in [4.78, 5) is 10.9. The lowest BCUT2D eigenvalue weighted by Gasteiger charge is -2.09. The first-order valence-corrected chi connectivity index (χ1v) is 6.72. The molecule has 104 valence electrons. The maximum absolute atomic E-state index is 10.9. The van der Waals surface area contributed by atoms with E-state index in [0.717, 1.165) is 17.9 Å². The summed E-state index contributed by atoms with van der Waals surface area (Å²) in [5.41, 5.74) is 5.72. The minimum absolute atomic E-state index is 0.0500. The molecule has 0 fully saturated rings. The Morgan fingerprint density at radius 3 is 2.20 bits per heavy atom. The van der Waals surface area contributed by atoms with Crippen molar-refractivity contribution in [3.8, 4) is 0 Å². The first-order valence-electron chi connectivity index (χ1n) is 6.72. The van der Waals surface area contributed by atoms with Gasteiger partial charge in [-0.25, -0.2) is 0 Å². The van der Waals surface area contributed by atoms with E-state index in [9.17, 15) is 4.79 Å². The van der Waals surface area contributed by atoms with Crippen LogP contribution in [0.1, 0.15) is 23.6 Å². The Morgan fingerprint density at radius 1 is 0.950 bits per heavy atom. The summed E-state index contributed by atoms with van der Waals surface area (Å²) < 4.78 is 0. The highest BCUT2D eigenvalue weighted by molar-refractivity contribution is 5.88. The number of hydrogen-bond donors (Lipinski definition) is 2. The van der Waals surface area contributed by atoms with Crippen LogP contribution in [0, 0.1) is 13.8 Å². The van der Waals surface area contributed by atoms with E-state index in [0.29, 0.717) is 0 Å². The van der Waals surface area contributed by atoms with Crippen molar-refractivity contribution in [2.45, 2.75) is 27.3 Å². The number of carbonyl (C=O) groups excluding carboxylic acids is 1. The maximum atomic E-state index is 10.9. The van der Waals surface area contributed by atoms with E-state index in [1.54, 1.807) is 0 Å². The number of rotatable bonds is 4. The van der Waals surface area contributed by atoms with Crippen LogP contribution in [0.4, 0.5) is 11.4 Å². The predicted molar refractivity (Wildman–Crippen MR) is 84.0 cm³/mol. The number of carbonyl (C=O) groups is 1. The fourth-order valence-corrected chi connectivity index (χ4v) is 1.96. The molecule has 3 nitrogen and oxygen atoms in total. The van der Waals surface area contributed by atoms with E-state index >= 15 is 0 Å². The van der Waals surface area contributed by atoms with E-state index in [4.69, 9.17) is 0 Å². The zero-order valence-corrected chi connectivity index (χ0v) is 12.2. The van der Waals surface area contributed by atoms with Crippen LogP contribution in [0.15, 0.2) is 42.5 Å². The summed E-state index contributed by atoms with van der Waals surface area (Å²) >= 11 is 0. The highest BCUT2D eigenvalue weighted by atomic mass is 16.1. The molecule has 0 radical (unpaired) electrons. The summed E-state index contributed by atoms with van der Waals surface area (Å²) in [6.45, 7) is 6.50. The van der Waals surface area contributed by atoms with Gasteiger partial charge in [0.05, 0.1) is 0 Å². The average molecular weight is 268 g/mol. The van der Waals surface area contributed by atoms with Gasteiger partial charge in [-0.3, -0.25) is 4.79 Å². The van der Waals surface area contributed by atoms with Crippen LogP contribution in [-0.4, -0.2) is 5.91 Å². The third kappa shape index (κ3) is 3.85. The number of nitrogens with one attached hydrogen (secondary N) is 2. The van der Waals surface area contributed by atoms with E-state index in [-0.39, 0.29) is 5.91 Å². The van der Waals surface area contributed by atoms with Gasteiger partial charge in [0.25, 0.3) is 0 Å². The molecular formula is C17H20N2O. The molecule has 0 aliphatic heterocycles. The SMILES string of the molecule is CC(=O)Nc1ccc(CNc2ccc(C)c(C)c2)cc1. The van der Waals surface area contributed by atoms with Crippen LogP contribution >= 0.6 is 0 Å². The Labute approximate surface area is 120 Å². The van der Waals surface area contributed by atoms with E-state index in [1.165, 1.54) is 23.6 Å². The molecule has 1 amide bonds. The van der Waals surface area contributed by atoms with Crippen LogP contribution in [0.25, 0.3) is 0 Å². The highest BCUT2D eigenvalue weighted by Crippen LogP contribution is 2.16. The van der Waals surface area contributed by atoms with Gasteiger partial charge in [-0.15, -0.1) is 0 Å². The minimum atomic E-state index is -0.0500. The topological polar surface area (TPSA) is 41.1 Å². The van der Waals surface area contributed by atoms with Gasteiger partial charge in [0.2, 0.25) is 5.91 Å². The second-order valence-corrected chi connectivity index (χ2v) is 5.03. The molecule has 2 N–H and O–H groups in total.